The van der Waals surface area contributed by atoms with Crippen LogP contribution in [0.3, 0.4) is 0 Å². The summed E-state index contributed by atoms with van der Waals surface area (Å²) < 4.78 is 1.26. The third-order valence-corrected chi connectivity index (χ3v) is 1.49. The molecule has 0 aliphatic heterocycles. The molecule has 8 nitrogen and oxygen atoms in total. The lowest BCUT2D eigenvalue weighted by atomic mass is 10.4. The van der Waals surface area contributed by atoms with Gasteiger partial charge in [0.25, 0.3) is 0 Å². The molecule has 0 aromatic carbocycles. The minimum atomic E-state index is -0.141. The van der Waals surface area contributed by atoms with Crippen LogP contribution in [0.2, 0.25) is 0 Å². The molecule has 0 saturated heterocycles. The summed E-state index contributed by atoms with van der Waals surface area (Å²) in [5.41, 5.74) is -0.0500. The smallest absolute Gasteiger partial charge is 0.234 e. The first-order valence-electron chi connectivity index (χ1n) is 4.79. The summed E-state index contributed by atoms with van der Waals surface area (Å²) in [6.07, 6.45) is 2.54. The number of rotatable bonds is 4. The van der Waals surface area contributed by atoms with Crippen molar-refractivity contribution >= 4 is 11.5 Å². The molecule has 0 aliphatic rings. The Labute approximate surface area is 98.1 Å². The maximum Gasteiger partial charge on any atom is 0.234 e. The van der Waals surface area contributed by atoms with E-state index in [1.54, 1.807) is 13.8 Å². The van der Waals surface area contributed by atoms with Gasteiger partial charge in [0.15, 0.2) is 0 Å². The normalized spacial score (nSPS) is 12.4. The van der Waals surface area contributed by atoms with Gasteiger partial charge in [0.2, 0.25) is 11.5 Å². The molecule has 1 rings (SSSR count). The van der Waals surface area contributed by atoms with E-state index < -0.39 is 0 Å². The molecule has 17 heavy (non-hydrogen) atoms. The van der Waals surface area contributed by atoms with Crippen LogP contribution < -0.4 is 0 Å². The van der Waals surface area contributed by atoms with Gasteiger partial charge in [-0.2, -0.15) is 15.0 Å². The summed E-state index contributed by atoms with van der Waals surface area (Å²) in [5, 5.41) is 20.1. The van der Waals surface area contributed by atoms with E-state index in [1.165, 1.54) is 24.4 Å². The molecule has 0 N–H and O–H groups in total. The van der Waals surface area contributed by atoms with Crippen molar-refractivity contribution in [2.75, 3.05) is 7.11 Å². The fourth-order valence-electron chi connectivity index (χ4n) is 0.867. The number of oxime groups is 2. The number of hydrogen-bond donors (Lipinski definition) is 0. The van der Waals surface area contributed by atoms with Gasteiger partial charge in [-0.05, 0) is 13.8 Å². The highest BCUT2D eigenvalue weighted by Crippen LogP contribution is 1.94. The average Bonchev–Trinajstić information content (AvgIpc) is 2.81. The van der Waals surface area contributed by atoms with Crippen LogP contribution in [0.1, 0.15) is 13.8 Å². The standard InChI is InChI=1S/C9H12N6O2/c1-7(2)17-13-8(4-10)9(14-16-3)15-6-11-5-12-15/h5-7H,1-3H3. The van der Waals surface area contributed by atoms with Gasteiger partial charge in [-0.3, -0.25) is 0 Å². The zero-order valence-corrected chi connectivity index (χ0v) is 9.73. The van der Waals surface area contributed by atoms with E-state index in [4.69, 9.17) is 10.1 Å². The van der Waals surface area contributed by atoms with E-state index in [0.29, 0.717) is 0 Å². The van der Waals surface area contributed by atoms with Gasteiger partial charge in [-0.15, -0.1) is 0 Å². The van der Waals surface area contributed by atoms with Crippen LogP contribution in [-0.2, 0) is 9.68 Å². The molecule has 0 unspecified atom stereocenters. The second-order valence-corrected chi connectivity index (χ2v) is 3.14. The summed E-state index contributed by atoms with van der Waals surface area (Å²) in [6.45, 7) is 3.59. The summed E-state index contributed by atoms with van der Waals surface area (Å²) in [5.74, 6) is 0.105. The molecule has 1 heterocycles. The van der Waals surface area contributed by atoms with Gasteiger partial charge in [0.05, 0.1) is 0 Å². The number of aromatic nitrogens is 3. The largest absolute Gasteiger partial charge is 0.397 e. The van der Waals surface area contributed by atoms with Crippen molar-refractivity contribution in [2.45, 2.75) is 20.0 Å². The van der Waals surface area contributed by atoms with Gasteiger partial charge in [-0.25, -0.2) is 4.98 Å². The number of hydrogen-bond acceptors (Lipinski definition) is 7. The lowest BCUT2D eigenvalue weighted by Crippen LogP contribution is -2.23. The molecule has 0 aliphatic carbocycles. The van der Waals surface area contributed by atoms with Gasteiger partial charge in [0, 0.05) is 0 Å². The second-order valence-electron chi connectivity index (χ2n) is 3.14. The molecule has 0 bridgehead atoms. The van der Waals surface area contributed by atoms with Crippen LogP contribution in [0.25, 0.3) is 0 Å². The predicted octanol–water partition coefficient (Wildman–Crippen LogP) is 0.391. The highest BCUT2D eigenvalue weighted by Gasteiger charge is 2.14. The SMILES string of the molecule is CON=C(C(C#N)=NOC(C)C)n1cncn1. The third kappa shape index (κ3) is 3.57. The fraction of sp³-hybridized carbons (Fsp3) is 0.444. The van der Waals surface area contributed by atoms with Crippen molar-refractivity contribution in [2.24, 2.45) is 10.3 Å². The Hall–Kier alpha value is -2.43. The van der Waals surface area contributed by atoms with Crippen molar-refractivity contribution < 1.29 is 9.68 Å². The quantitative estimate of drug-likeness (QED) is 0.428. The first-order valence-corrected chi connectivity index (χ1v) is 4.79. The Morgan fingerprint density at radius 1 is 1.47 bits per heavy atom. The topological polar surface area (TPSA) is 97.7 Å². The Balaban J connectivity index is 3.02. The lowest BCUT2D eigenvalue weighted by molar-refractivity contribution is 0.0867. The molecular formula is C9H12N6O2. The maximum absolute atomic E-state index is 8.98. The monoisotopic (exact) mass is 236 g/mol. The first kappa shape index (κ1) is 12.6. The highest BCUT2D eigenvalue weighted by molar-refractivity contribution is 6.47. The first-order chi connectivity index (χ1) is 8.19. The minimum absolute atomic E-state index is 0.0500. The van der Waals surface area contributed by atoms with E-state index in [-0.39, 0.29) is 17.7 Å². The predicted molar refractivity (Wildman–Crippen MR) is 59.1 cm³/mol. The zero-order chi connectivity index (χ0) is 12.7. The van der Waals surface area contributed by atoms with Crippen molar-refractivity contribution in [1.82, 2.24) is 14.8 Å². The van der Waals surface area contributed by atoms with Crippen LogP contribution in [0, 0.1) is 11.3 Å². The van der Waals surface area contributed by atoms with Gasteiger partial charge < -0.3 is 9.68 Å². The van der Waals surface area contributed by atoms with Crippen molar-refractivity contribution in [1.29, 1.82) is 5.26 Å². The second kappa shape index (κ2) is 6.22. The van der Waals surface area contributed by atoms with E-state index in [1.807, 2.05) is 6.07 Å². The summed E-state index contributed by atoms with van der Waals surface area (Å²) in [6, 6.07) is 1.86. The van der Waals surface area contributed by atoms with Crippen LogP contribution in [0.4, 0.5) is 0 Å². The fourth-order valence-corrected chi connectivity index (χ4v) is 0.867. The minimum Gasteiger partial charge on any atom is -0.397 e. The Bertz CT molecular complexity index is 443. The molecule has 1 aromatic rings. The molecule has 0 spiro atoms. The van der Waals surface area contributed by atoms with Gasteiger partial charge in [0.1, 0.15) is 31.9 Å². The zero-order valence-electron chi connectivity index (χ0n) is 9.73. The Morgan fingerprint density at radius 3 is 2.71 bits per heavy atom. The molecule has 90 valence electrons. The van der Waals surface area contributed by atoms with Gasteiger partial charge in [-0.1, -0.05) is 10.3 Å². The van der Waals surface area contributed by atoms with Crippen molar-refractivity contribution in [3.63, 3.8) is 0 Å². The van der Waals surface area contributed by atoms with E-state index in [9.17, 15) is 0 Å². The van der Waals surface area contributed by atoms with Crippen molar-refractivity contribution in [3.8, 4) is 6.07 Å². The molecular weight excluding hydrogens is 224 g/mol. The summed E-state index contributed by atoms with van der Waals surface area (Å²) in [7, 11) is 1.36. The molecule has 8 heteroatoms. The van der Waals surface area contributed by atoms with E-state index in [0.717, 1.165) is 0 Å². The van der Waals surface area contributed by atoms with Crippen LogP contribution in [0.5, 0.6) is 0 Å². The van der Waals surface area contributed by atoms with Gasteiger partial charge >= 0.3 is 0 Å². The molecule has 0 amide bonds. The maximum atomic E-state index is 8.98. The molecule has 1 aromatic heterocycles. The lowest BCUT2D eigenvalue weighted by Gasteiger charge is -2.04. The summed E-state index contributed by atoms with van der Waals surface area (Å²) in [4.78, 5) is 13.4. The molecule has 0 atom stereocenters. The van der Waals surface area contributed by atoms with E-state index >= 15 is 0 Å². The summed E-state index contributed by atoms with van der Waals surface area (Å²) >= 11 is 0. The molecule has 0 radical (unpaired) electrons. The Kier molecular flexibility index (Phi) is 4.62. The Morgan fingerprint density at radius 2 is 2.24 bits per heavy atom. The molecule has 0 fully saturated rings. The van der Waals surface area contributed by atoms with Crippen LogP contribution in [0.15, 0.2) is 23.0 Å². The van der Waals surface area contributed by atoms with Crippen LogP contribution in [-0.4, -0.2) is 39.5 Å². The third-order valence-electron chi connectivity index (χ3n) is 1.49. The highest BCUT2D eigenvalue weighted by atomic mass is 16.6. The molecule has 0 saturated carbocycles. The van der Waals surface area contributed by atoms with E-state index in [2.05, 4.69) is 25.2 Å². The average molecular weight is 236 g/mol. The number of nitriles is 1. The van der Waals surface area contributed by atoms with Crippen molar-refractivity contribution in [3.05, 3.63) is 12.7 Å². The van der Waals surface area contributed by atoms with Crippen LogP contribution >= 0.6 is 0 Å². The number of nitrogens with zero attached hydrogens (tertiary/aromatic N) is 6.